The molecular formula is C52H47BBrF10N10O10P2S2. The van der Waals surface area contributed by atoms with Crippen molar-refractivity contribution in [2.24, 2.45) is 0 Å². The molecule has 0 saturated heterocycles. The number of fused-ring (bicyclic) bond motifs is 2. The molecule has 4 aromatic carbocycles. The molecule has 2 unspecified atom stereocenters. The summed E-state index contributed by atoms with van der Waals surface area (Å²) in [5.74, 6) is -4.33. The molecule has 2 aliphatic rings. The Morgan fingerprint density at radius 2 is 1.05 bits per heavy atom. The van der Waals surface area contributed by atoms with Crippen molar-refractivity contribution < 1.29 is 79.9 Å². The van der Waals surface area contributed by atoms with Crippen molar-refractivity contribution >= 4 is 75.5 Å². The van der Waals surface area contributed by atoms with Crippen LogP contribution < -0.4 is 34.7 Å². The summed E-state index contributed by atoms with van der Waals surface area (Å²) in [7, 11) is -5.05. The first kappa shape index (κ1) is 69.5. The second-order valence-corrected chi connectivity index (χ2v) is 22.2. The summed E-state index contributed by atoms with van der Waals surface area (Å²) in [4.78, 5) is 25.7. The molecule has 10 rings (SSSR count). The van der Waals surface area contributed by atoms with Gasteiger partial charge in [0.2, 0.25) is 0 Å². The molecule has 0 amide bonds. The number of aromatic nitrogens is 6. The van der Waals surface area contributed by atoms with Crippen LogP contribution in [0, 0.1) is 23.3 Å². The second-order valence-electron chi connectivity index (χ2n) is 18.1. The van der Waals surface area contributed by atoms with Crippen LogP contribution in [0.5, 0.6) is 17.2 Å². The average Bonchev–Trinajstić information content (AvgIpc) is 1.02. The van der Waals surface area contributed by atoms with Crippen LogP contribution >= 0.6 is 35.7 Å². The number of rotatable bonds is 13. The fourth-order valence-electron chi connectivity index (χ4n) is 8.84. The maximum Gasteiger partial charge on any atom is 0.569 e. The lowest BCUT2D eigenvalue weighted by atomic mass is 10.0. The van der Waals surface area contributed by atoms with Crippen LogP contribution in [-0.4, -0.2) is 95.0 Å². The van der Waals surface area contributed by atoms with Crippen molar-refractivity contribution in [3.05, 3.63) is 204 Å². The van der Waals surface area contributed by atoms with Crippen LogP contribution in [-0.2, 0) is 58.7 Å². The van der Waals surface area contributed by atoms with Gasteiger partial charge in [0, 0.05) is 92.6 Å². The molecule has 0 spiro atoms. The zero-order valence-electron chi connectivity index (χ0n) is 45.5. The fourth-order valence-corrected chi connectivity index (χ4v) is 11.4. The molecule has 0 aliphatic carbocycles. The Labute approximate surface area is 509 Å². The molecule has 20 nitrogen and oxygen atoms in total. The lowest BCUT2D eigenvalue weighted by molar-refractivity contribution is -0.140. The number of nitrogens with zero attached hydrogens (tertiary/aromatic N) is 8. The van der Waals surface area contributed by atoms with E-state index in [1.807, 2.05) is 0 Å². The van der Waals surface area contributed by atoms with E-state index in [9.17, 15) is 65.9 Å². The number of hydrogen-bond donors (Lipinski definition) is 3. The van der Waals surface area contributed by atoms with Gasteiger partial charge in [-0.2, -0.15) is 81.8 Å². The Morgan fingerprint density at radius 3 is 1.49 bits per heavy atom. The third kappa shape index (κ3) is 16.0. The maximum absolute atomic E-state index is 15.4. The predicted octanol–water partition coefficient (Wildman–Crippen LogP) is 8.43. The Kier molecular flexibility index (Phi) is 22.7. The molecule has 0 bridgehead atoms. The van der Waals surface area contributed by atoms with Gasteiger partial charge in [0.25, 0.3) is 11.1 Å². The number of hydrogen-bond acceptors (Lipinski definition) is 14. The van der Waals surface area contributed by atoms with Crippen LogP contribution in [0.1, 0.15) is 33.6 Å². The number of nitrogens with one attached hydrogen (secondary N) is 2. The highest BCUT2D eigenvalue weighted by Crippen LogP contribution is 2.39. The molecule has 4 aromatic heterocycles. The lowest BCUT2D eigenvalue weighted by Crippen LogP contribution is -2.41. The van der Waals surface area contributed by atoms with E-state index in [0.717, 1.165) is 28.6 Å². The maximum atomic E-state index is 15.4. The van der Waals surface area contributed by atoms with Gasteiger partial charge < -0.3 is 19.2 Å². The SMILES string of the molecule is COc1cc(-c2ccc(F)c(C(F)(F)F)c2)c(F)cc1-n1c2c(ccc1=O)CN(S(=O)(=O)Nc1cccnn1)CC2.COc1cc(Br)c(F)cc1-n1c2c(ccc1=O)CN(S(=O)(=O)Nc1cccnn1)CC2.O[B]Oc1ccc(F)c(C(F)(F)F)c1.P.P. The summed E-state index contributed by atoms with van der Waals surface area (Å²) in [6.07, 6.45) is -6.65. The fraction of sp³-hybridized carbons (Fsp3) is 0.192. The highest BCUT2D eigenvalue weighted by atomic mass is 79.9. The predicted molar refractivity (Wildman–Crippen MR) is 315 cm³/mol. The Hall–Kier alpha value is -7.58. The van der Waals surface area contributed by atoms with E-state index in [1.54, 1.807) is 12.1 Å². The third-order valence-electron chi connectivity index (χ3n) is 12.7. The third-order valence-corrected chi connectivity index (χ3v) is 16.3. The van der Waals surface area contributed by atoms with Gasteiger partial charge in [-0.25, -0.2) is 17.6 Å². The average molecular weight is 1380 g/mol. The molecule has 2 aliphatic heterocycles. The van der Waals surface area contributed by atoms with Crippen molar-refractivity contribution in [2.45, 2.75) is 38.3 Å². The Balaban J connectivity index is 0.000000232. The van der Waals surface area contributed by atoms with E-state index in [2.05, 4.69) is 50.4 Å². The monoisotopic (exact) mass is 1380 g/mol. The minimum Gasteiger partial charge on any atom is -0.537 e. The summed E-state index contributed by atoms with van der Waals surface area (Å²) in [6, 6.07) is 20.4. The van der Waals surface area contributed by atoms with Gasteiger partial charge in [0.15, 0.2) is 11.6 Å². The summed E-state index contributed by atoms with van der Waals surface area (Å²) < 4.78 is 208. The van der Waals surface area contributed by atoms with E-state index in [0.29, 0.717) is 52.5 Å². The van der Waals surface area contributed by atoms with Crippen molar-refractivity contribution in [2.75, 3.05) is 36.8 Å². The van der Waals surface area contributed by atoms with Crippen molar-refractivity contribution in [3.8, 4) is 39.8 Å². The summed E-state index contributed by atoms with van der Waals surface area (Å²) in [6.45, 7) is -0.00543. The molecule has 467 valence electrons. The van der Waals surface area contributed by atoms with Gasteiger partial charge >= 0.3 is 40.5 Å². The molecule has 8 aromatic rings. The zero-order valence-corrected chi connectivity index (χ0v) is 51.5. The molecule has 3 N–H and O–H groups in total. The number of anilines is 2. The molecule has 88 heavy (non-hydrogen) atoms. The minimum absolute atomic E-state index is 0. The van der Waals surface area contributed by atoms with Crippen LogP contribution in [0.25, 0.3) is 22.5 Å². The van der Waals surface area contributed by atoms with E-state index in [1.165, 1.54) is 88.6 Å². The molecular weight excluding hydrogens is 1330 g/mol. The van der Waals surface area contributed by atoms with Gasteiger partial charge in [-0.1, -0.05) is 18.2 Å². The number of benzene rings is 4. The first-order valence-corrected chi connectivity index (χ1v) is 28.2. The summed E-state index contributed by atoms with van der Waals surface area (Å²) in [5, 5.41) is 22.9. The molecule has 6 heterocycles. The van der Waals surface area contributed by atoms with Crippen LogP contribution in [0.2, 0.25) is 0 Å². The number of ether oxygens (including phenoxy) is 2. The smallest absolute Gasteiger partial charge is 0.537 e. The summed E-state index contributed by atoms with van der Waals surface area (Å²) in [5.41, 5.74) is -2.19. The topological polar surface area (TPSA) is 242 Å². The molecule has 36 heteroatoms. The number of alkyl halides is 6. The number of pyridine rings is 2. The first-order chi connectivity index (χ1) is 40.6. The van der Waals surface area contributed by atoms with Crippen LogP contribution in [0.4, 0.5) is 55.5 Å². The van der Waals surface area contributed by atoms with Gasteiger partial charge in [0.1, 0.15) is 40.5 Å². The zero-order chi connectivity index (χ0) is 62.5. The number of methoxy groups -OCH3 is 2. The van der Waals surface area contributed by atoms with E-state index < -0.39 is 72.7 Å². The number of halogens is 11. The Bertz CT molecular complexity index is 4200. The van der Waals surface area contributed by atoms with E-state index >= 15 is 4.39 Å². The van der Waals surface area contributed by atoms with Crippen LogP contribution in [0.3, 0.4) is 0 Å². The van der Waals surface area contributed by atoms with Gasteiger partial charge in [-0.3, -0.25) is 28.2 Å². The quantitative estimate of drug-likeness (QED) is 0.0558. The Morgan fingerprint density at radius 1 is 0.591 bits per heavy atom. The largest absolute Gasteiger partial charge is 0.569 e. The van der Waals surface area contributed by atoms with Crippen molar-refractivity contribution in [3.63, 3.8) is 0 Å². The second kappa shape index (κ2) is 28.7. The van der Waals surface area contributed by atoms with Crippen molar-refractivity contribution in [1.29, 1.82) is 0 Å². The molecule has 0 saturated carbocycles. The highest BCUT2D eigenvalue weighted by Gasteiger charge is 2.37. The van der Waals surface area contributed by atoms with Gasteiger partial charge in [-0.15, -0.1) is 10.2 Å². The molecule has 2 atom stereocenters. The van der Waals surface area contributed by atoms with E-state index in [-0.39, 0.29) is 122 Å². The van der Waals surface area contributed by atoms with Gasteiger partial charge in [0.05, 0.1) is 41.2 Å². The van der Waals surface area contributed by atoms with Crippen molar-refractivity contribution in [1.82, 2.24) is 38.1 Å². The summed E-state index contributed by atoms with van der Waals surface area (Å²) >= 11 is 3.11. The minimum atomic E-state index is -5.00. The van der Waals surface area contributed by atoms with Gasteiger partial charge in [-0.05, 0) is 99.4 Å². The highest BCUT2D eigenvalue weighted by molar-refractivity contribution is 9.10. The molecule has 1 radical (unpaired) electrons. The lowest BCUT2D eigenvalue weighted by Gasteiger charge is -2.30. The first-order valence-electron chi connectivity index (χ1n) is 24.5. The van der Waals surface area contributed by atoms with Crippen LogP contribution in [0.15, 0.2) is 136 Å². The standard InChI is InChI=1S/C26H20F5N5O4S.C19H17BrFN5O4S.C7H4BF4O2.2H3P/c1-40-23-12-17(15-4-6-19(27)18(11-15)26(29,30)31)20(28)13-22(23)36-21-8-10-35(14-16(21)5-7-25(36)37)41(38,39)34-24-3-2-9-32-33-24;1-30-17-9-13(20)14(21)10-16(17)26-15-6-8-25(11-12(15)4-5-19(26)27)31(28,29)24-18-3-2-7-22-23-18;9-6-2-1-4(14-8-13)3-5(6)7(10,11)12;;/h2-7,9,11-13H,8,10,14H2,1H3,(H,33,34);2-5,7,9-10H,6,8,11H2,1H3,(H,23,24);1-3,13H;2*1H3. The normalized spacial score (nSPS) is 13.3. The molecule has 0 fully saturated rings. The van der Waals surface area contributed by atoms with E-state index in [4.69, 9.17) is 14.5 Å².